The standard InChI is InChI=1S/C20H24F3N3O4/c1-19(2,3)30-18(28)25-8-6-15(7-9-25)26-12-14(11-24-26)13-4-5-16(27)17(10-13)29-20(21,22)23/h4-5,10-12,15,27H,6-9H2,1-3H3. The molecule has 0 unspecified atom stereocenters. The molecule has 0 radical (unpaired) electrons. The van der Waals surface area contributed by atoms with Crippen LogP contribution in [0, 0.1) is 0 Å². The van der Waals surface area contributed by atoms with Gasteiger partial charge in [-0.2, -0.15) is 5.10 Å². The van der Waals surface area contributed by atoms with E-state index in [4.69, 9.17) is 4.74 Å². The third kappa shape index (κ3) is 5.58. The molecule has 1 aliphatic heterocycles. The number of alkyl halides is 3. The predicted octanol–water partition coefficient (Wildman–Crippen LogP) is 4.73. The summed E-state index contributed by atoms with van der Waals surface area (Å²) in [6.07, 6.45) is -0.607. The molecule has 0 bridgehead atoms. The Labute approximate surface area is 172 Å². The summed E-state index contributed by atoms with van der Waals surface area (Å²) in [4.78, 5) is 13.8. The maximum absolute atomic E-state index is 12.5. The van der Waals surface area contributed by atoms with E-state index in [9.17, 15) is 23.1 Å². The summed E-state index contributed by atoms with van der Waals surface area (Å²) in [5, 5.41) is 13.9. The number of phenols is 1. The molecule has 2 heterocycles. The molecule has 1 aromatic heterocycles. The number of phenolic OH excluding ortho intramolecular Hbond substituents is 1. The van der Waals surface area contributed by atoms with Crippen molar-refractivity contribution in [2.45, 2.75) is 51.6 Å². The fourth-order valence-corrected chi connectivity index (χ4v) is 3.23. The van der Waals surface area contributed by atoms with E-state index in [1.807, 2.05) is 20.8 Å². The minimum atomic E-state index is -4.90. The quantitative estimate of drug-likeness (QED) is 0.767. The average Bonchev–Trinajstić information content (AvgIpc) is 3.11. The number of likely N-dealkylation sites (tertiary alicyclic amines) is 1. The Morgan fingerprint density at radius 2 is 1.83 bits per heavy atom. The van der Waals surface area contributed by atoms with Crippen molar-refractivity contribution in [3.05, 3.63) is 30.6 Å². The van der Waals surface area contributed by atoms with Crippen LogP contribution in [0.15, 0.2) is 30.6 Å². The molecular weight excluding hydrogens is 403 g/mol. The molecule has 0 atom stereocenters. The number of amides is 1. The molecule has 3 rings (SSSR count). The highest BCUT2D eigenvalue weighted by atomic mass is 19.4. The van der Waals surface area contributed by atoms with Gasteiger partial charge in [-0.25, -0.2) is 4.79 Å². The number of carbonyl (C=O) groups excluding carboxylic acids is 1. The van der Waals surface area contributed by atoms with Crippen molar-refractivity contribution in [3.63, 3.8) is 0 Å². The zero-order chi connectivity index (χ0) is 22.1. The van der Waals surface area contributed by atoms with Crippen LogP contribution in [0.1, 0.15) is 39.7 Å². The molecule has 7 nitrogen and oxygen atoms in total. The van der Waals surface area contributed by atoms with E-state index in [0.29, 0.717) is 37.1 Å². The highest BCUT2D eigenvalue weighted by Gasteiger charge is 2.32. The van der Waals surface area contributed by atoms with Gasteiger partial charge in [-0.3, -0.25) is 4.68 Å². The molecule has 10 heteroatoms. The Morgan fingerprint density at radius 1 is 1.17 bits per heavy atom. The molecule has 30 heavy (non-hydrogen) atoms. The van der Waals surface area contributed by atoms with Gasteiger partial charge in [0.1, 0.15) is 5.60 Å². The minimum absolute atomic E-state index is 0.0560. The lowest BCUT2D eigenvalue weighted by Gasteiger charge is -2.33. The number of aromatic hydroxyl groups is 1. The minimum Gasteiger partial charge on any atom is -0.504 e. The van der Waals surface area contributed by atoms with Gasteiger partial charge in [0, 0.05) is 24.8 Å². The van der Waals surface area contributed by atoms with Gasteiger partial charge in [0.25, 0.3) is 0 Å². The van der Waals surface area contributed by atoms with E-state index >= 15 is 0 Å². The number of piperidine rings is 1. The van der Waals surface area contributed by atoms with E-state index in [1.165, 1.54) is 6.07 Å². The van der Waals surface area contributed by atoms with Crippen molar-refractivity contribution in [2.75, 3.05) is 13.1 Å². The molecule has 1 aliphatic rings. The molecule has 1 N–H and O–H groups in total. The molecule has 164 valence electrons. The number of hydrogen-bond acceptors (Lipinski definition) is 5. The molecule has 0 saturated carbocycles. The normalized spacial score (nSPS) is 15.9. The van der Waals surface area contributed by atoms with Crippen molar-refractivity contribution < 1.29 is 32.5 Å². The van der Waals surface area contributed by atoms with E-state index in [2.05, 4.69) is 9.84 Å². The van der Waals surface area contributed by atoms with Crippen molar-refractivity contribution in [2.24, 2.45) is 0 Å². The fraction of sp³-hybridized carbons (Fsp3) is 0.500. The van der Waals surface area contributed by atoms with Gasteiger partial charge in [-0.1, -0.05) is 6.07 Å². The Balaban J connectivity index is 1.66. The molecule has 2 aromatic rings. The Bertz CT molecular complexity index is 897. The zero-order valence-electron chi connectivity index (χ0n) is 16.9. The topological polar surface area (TPSA) is 76.8 Å². The van der Waals surface area contributed by atoms with Gasteiger partial charge in [0.15, 0.2) is 11.5 Å². The van der Waals surface area contributed by atoms with E-state index in [0.717, 1.165) is 12.1 Å². The lowest BCUT2D eigenvalue weighted by atomic mass is 10.1. The Kier molecular flexibility index (Phi) is 5.87. The molecule has 1 fully saturated rings. The van der Waals surface area contributed by atoms with Gasteiger partial charge in [0.05, 0.1) is 12.2 Å². The second-order valence-electron chi connectivity index (χ2n) is 8.14. The largest absolute Gasteiger partial charge is 0.573 e. The van der Waals surface area contributed by atoms with Crippen LogP contribution in [0.5, 0.6) is 11.5 Å². The first-order valence-electron chi connectivity index (χ1n) is 9.52. The second kappa shape index (κ2) is 8.08. The first-order chi connectivity index (χ1) is 13.9. The third-order valence-corrected chi connectivity index (χ3v) is 4.61. The molecular formula is C20H24F3N3O4. The lowest BCUT2D eigenvalue weighted by Crippen LogP contribution is -2.42. The molecule has 1 amide bonds. The van der Waals surface area contributed by atoms with Crippen LogP contribution < -0.4 is 4.74 Å². The number of carbonyl (C=O) groups is 1. The SMILES string of the molecule is CC(C)(C)OC(=O)N1CCC(n2cc(-c3ccc(O)c(OC(F)(F)F)c3)cn2)CC1. The summed E-state index contributed by atoms with van der Waals surface area (Å²) >= 11 is 0. The summed E-state index contributed by atoms with van der Waals surface area (Å²) in [5.41, 5.74) is 0.477. The van der Waals surface area contributed by atoms with Gasteiger partial charge < -0.3 is 19.5 Å². The maximum Gasteiger partial charge on any atom is 0.573 e. The summed E-state index contributed by atoms with van der Waals surface area (Å²) in [6, 6.07) is 3.81. The molecule has 1 aromatic carbocycles. The second-order valence-corrected chi connectivity index (χ2v) is 8.14. The van der Waals surface area contributed by atoms with Crippen LogP contribution >= 0.6 is 0 Å². The van der Waals surface area contributed by atoms with Crippen molar-refractivity contribution >= 4 is 6.09 Å². The smallest absolute Gasteiger partial charge is 0.504 e. The van der Waals surface area contributed by atoms with Crippen LogP contribution in [0.4, 0.5) is 18.0 Å². The summed E-state index contributed by atoms with van der Waals surface area (Å²) in [7, 11) is 0. The highest BCUT2D eigenvalue weighted by Crippen LogP contribution is 2.35. The van der Waals surface area contributed by atoms with E-state index in [1.54, 1.807) is 22.0 Å². The Morgan fingerprint density at radius 3 is 2.43 bits per heavy atom. The van der Waals surface area contributed by atoms with Crippen LogP contribution in [0.2, 0.25) is 0 Å². The highest BCUT2D eigenvalue weighted by molar-refractivity contribution is 5.68. The summed E-state index contributed by atoms with van der Waals surface area (Å²) in [5.74, 6) is -1.27. The van der Waals surface area contributed by atoms with Crippen LogP contribution in [0.25, 0.3) is 11.1 Å². The molecule has 0 spiro atoms. The van der Waals surface area contributed by atoms with Crippen LogP contribution in [-0.4, -0.2) is 50.9 Å². The van der Waals surface area contributed by atoms with Crippen LogP contribution in [0.3, 0.4) is 0 Å². The number of nitrogens with zero attached hydrogens (tertiary/aromatic N) is 3. The van der Waals surface area contributed by atoms with Gasteiger partial charge >= 0.3 is 12.5 Å². The first kappa shape index (κ1) is 21.8. The maximum atomic E-state index is 12.5. The van der Waals surface area contributed by atoms with Crippen molar-refractivity contribution in [1.82, 2.24) is 14.7 Å². The van der Waals surface area contributed by atoms with E-state index in [-0.39, 0.29) is 12.1 Å². The lowest BCUT2D eigenvalue weighted by molar-refractivity contribution is -0.275. The number of ether oxygens (including phenoxy) is 2. The third-order valence-electron chi connectivity index (χ3n) is 4.61. The summed E-state index contributed by atoms with van der Waals surface area (Å²) < 4.78 is 48.5. The van der Waals surface area contributed by atoms with Gasteiger partial charge in [-0.15, -0.1) is 13.2 Å². The monoisotopic (exact) mass is 427 g/mol. The van der Waals surface area contributed by atoms with E-state index < -0.39 is 23.5 Å². The fourth-order valence-electron chi connectivity index (χ4n) is 3.23. The zero-order valence-corrected chi connectivity index (χ0v) is 16.9. The Hall–Kier alpha value is -2.91. The van der Waals surface area contributed by atoms with Crippen molar-refractivity contribution in [3.8, 4) is 22.6 Å². The van der Waals surface area contributed by atoms with Gasteiger partial charge in [-0.05, 0) is 51.3 Å². The number of halogens is 3. The first-order valence-corrected chi connectivity index (χ1v) is 9.52. The number of aromatic nitrogens is 2. The number of hydrogen-bond donors (Lipinski definition) is 1. The molecule has 0 aliphatic carbocycles. The summed E-state index contributed by atoms with van der Waals surface area (Å²) in [6.45, 7) is 6.50. The average molecular weight is 427 g/mol. The molecule has 1 saturated heterocycles. The predicted molar refractivity (Wildman–Crippen MR) is 102 cm³/mol. The van der Waals surface area contributed by atoms with Crippen molar-refractivity contribution in [1.29, 1.82) is 0 Å². The number of rotatable bonds is 3. The van der Waals surface area contributed by atoms with Crippen LogP contribution in [-0.2, 0) is 4.74 Å². The number of benzene rings is 1. The van der Waals surface area contributed by atoms with Gasteiger partial charge in [0.2, 0.25) is 0 Å².